The minimum Gasteiger partial charge on any atom is -0.390 e. The number of nitrogens with zero attached hydrogens (tertiary/aromatic N) is 1. The van der Waals surface area contributed by atoms with Gasteiger partial charge in [0, 0.05) is 0 Å². The summed E-state index contributed by atoms with van der Waals surface area (Å²) in [6.45, 7) is 0.634. The highest BCUT2D eigenvalue weighted by Gasteiger charge is 1.91. The second-order valence-electron chi connectivity index (χ2n) is 2.69. The Morgan fingerprint density at radius 2 is 2.31 bits per heavy atom. The lowest BCUT2D eigenvalue weighted by molar-refractivity contribution is 0.277. The Labute approximate surface area is 77.9 Å². The molecule has 1 rings (SSSR count). The van der Waals surface area contributed by atoms with Gasteiger partial charge in [-0.2, -0.15) is 0 Å². The average Bonchev–Trinajstić information content (AvgIpc) is 2.19. The van der Waals surface area contributed by atoms with Crippen LogP contribution in [0.15, 0.2) is 24.3 Å². The van der Waals surface area contributed by atoms with Crippen LogP contribution < -0.4 is 5.73 Å². The number of hydrogen-bond acceptors (Lipinski definition) is 3. The summed E-state index contributed by atoms with van der Waals surface area (Å²) in [5.41, 5.74) is 6.89. The van der Waals surface area contributed by atoms with Crippen LogP contribution in [-0.2, 0) is 6.61 Å². The summed E-state index contributed by atoms with van der Waals surface area (Å²) in [5, 5.41) is 8.83. The van der Waals surface area contributed by atoms with E-state index in [0.717, 1.165) is 12.1 Å². The van der Waals surface area contributed by atoms with Crippen molar-refractivity contribution in [1.29, 1.82) is 0 Å². The largest absolute Gasteiger partial charge is 0.390 e. The van der Waals surface area contributed by atoms with Gasteiger partial charge in [0.2, 0.25) is 0 Å². The van der Waals surface area contributed by atoms with Crippen LogP contribution in [0.25, 0.3) is 6.08 Å². The minimum atomic E-state index is -0.0153. The molecule has 0 amide bonds. The fraction of sp³-hybridized carbons (Fsp3) is 0.300. The third-order valence-electron chi connectivity index (χ3n) is 1.61. The number of rotatable bonds is 4. The fourth-order valence-corrected chi connectivity index (χ4v) is 0.979. The van der Waals surface area contributed by atoms with E-state index in [-0.39, 0.29) is 6.61 Å². The molecule has 0 atom stereocenters. The Bertz CT molecular complexity index is 284. The van der Waals surface area contributed by atoms with Crippen molar-refractivity contribution in [1.82, 2.24) is 4.98 Å². The van der Waals surface area contributed by atoms with Crippen molar-refractivity contribution in [2.24, 2.45) is 5.73 Å². The minimum absolute atomic E-state index is 0.0153. The standard InChI is InChI=1S/C10H14N2O/c11-7-2-1-4-9-5-3-6-10(8-13)12-9/h1,3-6,13H,2,7-8,11H2. The Morgan fingerprint density at radius 1 is 1.46 bits per heavy atom. The first kappa shape index (κ1) is 9.89. The lowest BCUT2D eigenvalue weighted by Crippen LogP contribution is -1.95. The summed E-state index contributed by atoms with van der Waals surface area (Å²) in [6.07, 6.45) is 4.74. The van der Waals surface area contributed by atoms with E-state index in [0.29, 0.717) is 12.2 Å². The predicted molar refractivity (Wildman–Crippen MR) is 52.9 cm³/mol. The molecule has 1 aromatic heterocycles. The topological polar surface area (TPSA) is 59.1 Å². The van der Waals surface area contributed by atoms with E-state index >= 15 is 0 Å². The van der Waals surface area contributed by atoms with Gasteiger partial charge >= 0.3 is 0 Å². The van der Waals surface area contributed by atoms with Gasteiger partial charge in [-0.15, -0.1) is 0 Å². The average molecular weight is 178 g/mol. The Morgan fingerprint density at radius 3 is 3.00 bits per heavy atom. The summed E-state index contributed by atoms with van der Waals surface area (Å²) in [7, 11) is 0. The zero-order valence-electron chi connectivity index (χ0n) is 7.48. The molecule has 3 heteroatoms. The number of aliphatic hydroxyl groups is 1. The second-order valence-corrected chi connectivity index (χ2v) is 2.69. The molecule has 0 saturated carbocycles. The van der Waals surface area contributed by atoms with Gasteiger partial charge in [0.05, 0.1) is 18.0 Å². The summed E-state index contributed by atoms with van der Waals surface area (Å²) in [4.78, 5) is 4.19. The molecule has 0 unspecified atom stereocenters. The monoisotopic (exact) mass is 178 g/mol. The fourth-order valence-electron chi connectivity index (χ4n) is 0.979. The lowest BCUT2D eigenvalue weighted by Gasteiger charge is -1.96. The lowest BCUT2D eigenvalue weighted by atomic mass is 10.2. The molecule has 70 valence electrons. The summed E-state index contributed by atoms with van der Waals surface area (Å²) >= 11 is 0. The van der Waals surface area contributed by atoms with Crippen LogP contribution >= 0.6 is 0 Å². The summed E-state index contributed by atoms with van der Waals surface area (Å²) in [6, 6.07) is 5.56. The summed E-state index contributed by atoms with van der Waals surface area (Å²) < 4.78 is 0. The van der Waals surface area contributed by atoms with E-state index in [1.54, 1.807) is 6.07 Å². The SMILES string of the molecule is NCCC=Cc1cccc(CO)n1. The molecule has 13 heavy (non-hydrogen) atoms. The van der Waals surface area contributed by atoms with Crippen molar-refractivity contribution in [2.45, 2.75) is 13.0 Å². The zero-order chi connectivity index (χ0) is 9.52. The van der Waals surface area contributed by atoms with Gasteiger partial charge in [-0.3, -0.25) is 4.98 Å². The molecule has 3 N–H and O–H groups in total. The van der Waals surface area contributed by atoms with Crippen molar-refractivity contribution in [3.8, 4) is 0 Å². The number of pyridine rings is 1. The van der Waals surface area contributed by atoms with E-state index in [1.165, 1.54) is 0 Å². The summed E-state index contributed by atoms with van der Waals surface area (Å²) in [5.74, 6) is 0. The molecule has 0 aromatic carbocycles. The normalized spacial score (nSPS) is 10.9. The van der Waals surface area contributed by atoms with E-state index in [9.17, 15) is 0 Å². The Balaban J connectivity index is 2.66. The molecule has 0 aliphatic carbocycles. The maximum absolute atomic E-state index is 8.83. The van der Waals surface area contributed by atoms with Crippen LogP contribution in [0.4, 0.5) is 0 Å². The highest BCUT2D eigenvalue weighted by Crippen LogP contribution is 2.01. The first-order chi connectivity index (χ1) is 6.36. The molecule has 0 bridgehead atoms. The molecule has 0 saturated heterocycles. The van der Waals surface area contributed by atoms with Gasteiger partial charge < -0.3 is 10.8 Å². The van der Waals surface area contributed by atoms with Crippen LogP contribution in [0, 0.1) is 0 Å². The maximum atomic E-state index is 8.83. The molecule has 3 nitrogen and oxygen atoms in total. The van der Waals surface area contributed by atoms with Crippen LogP contribution in [-0.4, -0.2) is 16.6 Å². The second kappa shape index (κ2) is 5.45. The van der Waals surface area contributed by atoms with Crippen molar-refractivity contribution in [2.75, 3.05) is 6.54 Å². The van der Waals surface area contributed by atoms with Gasteiger partial charge in [-0.25, -0.2) is 0 Å². The number of aliphatic hydroxyl groups excluding tert-OH is 1. The third kappa shape index (κ3) is 3.36. The van der Waals surface area contributed by atoms with Crippen molar-refractivity contribution >= 4 is 6.08 Å². The maximum Gasteiger partial charge on any atom is 0.0853 e. The zero-order valence-corrected chi connectivity index (χ0v) is 7.48. The van der Waals surface area contributed by atoms with Gasteiger partial charge in [0.15, 0.2) is 0 Å². The smallest absolute Gasteiger partial charge is 0.0853 e. The van der Waals surface area contributed by atoms with Gasteiger partial charge in [0.25, 0.3) is 0 Å². The molecule has 1 aromatic rings. The van der Waals surface area contributed by atoms with Crippen LogP contribution in [0.5, 0.6) is 0 Å². The molecular weight excluding hydrogens is 164 g/mol. The van der Waals surface area contributed by atoms with E-state index in [2.05, 4.69) is 4.98 Å². The molecule has 0 aliphatic heterocycles. The van der Waals surface area contributed by atoms with Crippen molar-refractivity contribution in [3.63, 3.8) is 0 Å². The van der Waals surface area contributed by atoms with Gasteiger partial charge in [-0.1, -0.05) is 12.1 Å². The van der Waals surface area contributed by atoms with E-state index < -0.39 is 0 Å². The highest BCUT2D eigenvalue weighted by molar-refractivity contribution is 5.44. The van der Waals surface area contributed by atoms with E-state index in [4.69, 9.17) is 10.8 Å². The van der Waals surface area contributed by atoms with Gasteiger partial charge in [0.1, 0.15) is 0 Å². The third-order valence-corrected chi connectivity index (χ3v) is 1.61. The van der Waals surface area contributed by atoms with Crippen LogP contribution in [0.3, 0.4) is 0 Å². The van der Waals surface area contributed by atoms with Crippen LogP contribution in [0.2, 0.25) is 0 Å². The number of nitrogens with two attached hydrogens (primary N) is 1. The molecule has 1 heterocycles. The number of hydrogen-bond donors (Lipinski definition) is 2. The van der Waals surface area contributed by atoms with E-state index in [1.807, 2.05) is 24.3 Å². The predicted octanol–water partition coefficient (Wildman–Crippen LogP) is 0.936. The first-order valence-electron chi connectivity index (χ1n) is 4.30. The van der Waals surface area contributed by atoms with Crippen LogP contribution in [0.1, 0.15) is 17.8 Å². The van der Waals surface area contributed by atoms with Gasteiger partial charge in [-0.05, 0) is 31.2 Å². The van der Waals surface area contributed by atoms with Crippen molar-refractivity contribution < 1.29 is 5.11 Å². The van der Waals surface area contributed by atoms with Crippen molar-refractivity contribution in [3.05, 3.63) is 35.7 Å². The Hall–Kier alpha value is -1.19. The highest BCUT2D eigenvalue weighted by atomic mass is 16.3. The molecular formula is C10H14N2O. The number of aromatic nitrogens is 1. The molecule has 0 spiro atoms. The molecule has 0 fully saturated rings. The molecule has 0 radical (unpaired) electrons. The molecule has 0 aliphatic rings. The quantitative estimate of drug-likeness (QED) is 0.721. The Kier molecular flexibility index (Phi) is 4.15. The first-order valence-corrected chi connectivity index (χ1v) is 4.30.